The number of carbonyl (C=O) groups is 2. The molecule has 0 aliphatic carbocycles. The molecule has 0 spiro atoms. The van der Waals surface area contributed by atoms with Gasteiger partial charge < -0.3 is 20.1 Å². The monoisotopic (exact) mass is 320 g/mol. The third-order valence-electron chi connectivity index (χ3n) is 4.20. The summed E-state index contributed by atoms with van der Waals surface area (Å²) in [6.07, 6.45) is 4.80. The summed E-state index contributed by atoms with van der Waals surface area (Å²) in [7, 11) is 1.30. The number of ether oxygens (including phenoxy) is 1. The van der Waals surface area contributed by atoms with Gasteiger partial charge in [-0.25, -0.2) is 4.79 Å². The lowest BCUT2D eigenvalue weighted by atomic mass is 9.96. The van der Waals surface area contributed by atoms with Crippen molar-refractivity contribution in [2.75, 3.05) is 20.2 Å². The van der Waals surface area contributed by atoms with E-state index in [4.69, 9.17) is 0 Å². The molecular formula is C17H24N2O4. The van der Waals surface area contributed by atoms with Crippen molar-refractivity contribution in [2.24, 2.45) is 0 Å². The van der Waals surface area contributed by atoms with Crippen LogP contribution in [0.1, 0.15) is 31.2 Å². The van der Waals surface area contributed by atoms with Crippen molar-refractivity contribution in [1.29, 1.82) is 0 Å². The summed E-state index contributed by atoms with van der Waals surface area (Å²) in [5.74, 6) is -0.189. The Morgan fingerprint density at radius 1 is 1.30 bits per heavy atom. The quantitative estimate of drug-likeness (QED) is 0.814. The van der Waals surface area contributed by atoms with Gasteiger partial charge in [0.25, 0.3) is 0 Å². The molecule has 2 N–H and O–H groups in total. The van der Waals surface area contributed by atoms with E-state index in [2.05, 4.69) is 10.1 Å². The molecule has 1 aliphatic heterocycles. The zero-order chi connectivity index (χ0) is 16.7. The molecule has 1 atom stereocenters. The van der Waals surface area contributed by atoms with Crippen LogP contribution in [0, 0.1) is 0 Å². The molecule has 0 bridgehead atoms. The van der Waals surface area contributed by atoms with Crippen LogP contribution in [0.2, 0.25) is 0 Å². The number of nitrogens with one attached hydrogen (secondary N) is 1. The molecule has 23 heavy (non-hydrogen) atoms. The summed E-state index contributed by atoms with van der Waals surface area (Å²) >= 11 is 0. The molecule has 0 unspecified atom stereocenters. The maximum absolute atomic E-state index is 12.3. The summed E-state index contributed by atoms with van der Waals surface area (Å²) in [6, 6.07) is 7.13. The number of carbonyl (C=O) groups excluding carboxylic acids is 2. The highest BCUT2D eigenvalue weighted by molar-refractivity contribution is 5.81. The van der Waals surface area contributed by atoms with Crippen LogP contribution in [0.5, 0.6) is 5.75 Å². The van der Waals surface area contributed by atoms with E-state index < -0.39 is 5.97 Å². The van der Waals surface area contributed by atoms with Gasteiger partial charge in [0.1, 0.15) is 12.3 Å². The van der Waals surface area contributed by atoms with Gasteiger partial charge in [-0.3, -0.25) is 4.79 Å². The Bertz CT molecular complexity index is 530. The maximum Gasteiger partial charge on any atom is 0.325 e. The Kier molecular flexibility index (Phi) is 6.26. The van der Waals surface area contributed by atoms with Crippen LogP contribution in [-0.4, -0.2) is 48.2 Å². The van der Waals surface area contributed by atoms with Gasteiger partial charge in [-0.2, -0.15) is 0 Å². The van der Waals surface area contributed by atoms with Crippen molar-refractivity contribution in [1.82, 2.24) is 10.2 Å². The number of esters is 1. The number of phenols is 1. The van der Waals surface area contributed by atoms with E-state index >= 15 is 0 Å². The summed E-state index contributed by atoms with van der Waals surface area (Å²) < 4.78 is 4.54. The number of likely N-dealkylation sites (tertiary alicyclic amines) is 1. The highest BCUT2D eigenvalue weighted by Gasteiger charge is 2.26. The number of nitrogens with zero attached hydrogens (tertiary/aromatic N) is 1. The maximum atomic E-state index is 12.3. The second-order valence-corrected chi connectivity index (χ2v) is 5.78. The summed E-state index contributed by atoms with van der Waals surface area (Å²) in [5.41, 5.74) is 1.14. The van der Waals surface area contributed by atoms with Crippen LogP contribution in [-0.2, 0) is 16.0 Å². The third kappa shape index (κ3) is 5.16. The van der Waals surface area contributed by atoms with E-state index in [1.54, 1.807) is 12.1 Å². The second-order valence-electron chi connectivity index (χ2n) is 5.78. The van der Waals surface area contributed by atoms with Gasteiger partial charge in [-0.1, -0.05) is 12.1 Å². The van der Waals surface area contributed by atoms with Crippen molar-refractivity contribution in [3.05, 3.63) is 29.8 Å². The van der Waals surface area contributed by atoms with Crippen LogP contribution in [0.25, 0.3) is 0 Å². The minimum absolute atomic E-state index is 0.101. The zero-order valence-electron chi connectivity index (χ0n) is 13.5. The van der Waals surface area contributed by atoms with Crippen LogP contribution >= 0.6 is 0 Å². The second kappa shape index (κ2) is 8.41. The molecule has 126 valence electrons. The lowest BCUT2D eigenvalue weighted by Gasteiger charge is -2.35. The fraction of sp³-hybridized carbons (Fsp3) is 0.529. The average molecular weight is 320 g/mol. The van der Waals surface area contributed by atoms with Gasteiger partial charge in [0.2, 0.25) is 0 Å². The van der Waals surface area contributed by atoms with E-state index in [0.29, 0.717) is 6.54 Å². The van der Waals surface area contributed by atoms with Crippen LogP contribution < -0.4 is 5.32 Å². The SMILES string of the molecule is COC(=O)CNC(=O)N1CCCC[C@H]1CCc1ccc(O)cc1. The molecule has 0 saturated carbocycles. The van der Waals surface area contributed by atoms with E-state index in [1.165, 1.54) is 7.11 Å². The molecule has 1 aromatic carbocycles. The smallest absolute Gasteiger partial charge is 0.325 e. The zero-order valence-corrected chi connectivity index (χ0v) is 13.5. The molecule has 0 aromatic heterocycles. The number of rotatable bonds is 5. The van der Waals surface area contributed by atoms with E-state index in [0.717, 1.165) is 37.7 Å². The summed E-state index contributed by atoms with van der Waals surface area (Å²) in [6.45, 7) is 0.615. The highest BCUT2D eigenvalue weighted by Crippen LogP contribution is 2.22. The largest absolute Gasteiger partial charge is 0.508 e. The van der Waals surface area contributed by atoms with E-state index in [1.807, 2.05) is 17.0 Å². The van der Waals surface area contributed by atoms with E-state index in [9.17, 15) is 14.7 Å². The van der Waals surface area contributed by atoms with Gasteiger partial charge in [-0.15, -0.1) is 0 Å². The number of piperidine rings is 1. The molecule has 1 aromatic rings. The normalized spacial score (nSPS) is 17.6. The lowest BCUT2D eigenvalue weighted by Crippen LogP contribution is -2.49. The molecule has 2 amide bonds. The lowest BCUT2D eigenvalue weighted by molar-refractivity contribution is -0.139. The van der Waals surface area contributed by atoms with Gasteiger partial charge in [0, 0.05) is 12.6 Å². The molecule has 0 radical (unpaired) electrons. The first-order valence-corrected chi connectivity index (χ1v) is 7.99. The number of aryl methyl sites for hydroxylation is 1. The van der Waals surface area contributed by atoms with Gasteiger partial charge >= 0.3 is 12.0 Å². The molecular weight excluding hydrogens is 296 g/mol. The Hall–Kier alpha value is -2.24. The molecule has 6 nitrogen and oxygen atoms in total. The van der Waals surface area contributed by atoms with Crippen molar-refractivity contribution in [3.63, 3.8) is 0 Å². The van der Waals surface area contributed by atoms with Gasteiger partial charge in [0.05, 0.1) is 7.11 Å². The molecule has 6 heteroatoms. The van der Waals surface area contributed by atoms with Crippen LogP contribution in [0.3, 0.4) is 0 Å². The molecule has 1 aliphatic rings. The first-order valence-electron chi connectivity index (χ1n) is 7.99. The van der Waals surface area contributed by atoms with E-state index in [-0.39, 0.29) is 24.4 Å². The summed E-state index contributed by atoms with van der Waals surface area (Å²) in [4.78, 5) is 25.2. The molecule has 1 fully saturated rings. The average Bonchev–Trinajstić information content (AvgIpc) is 2.59. The minimum atomic E-state index is -0.448. The molecule has 1 heterocycles. The minimum Gasteiger partial charge on any atom is -0.508 e. The Morgan fingerprint density at radius 2 is 2.04 bits per heavy atom. The number of phenolic OH excluding ortho intramolecular Hbond substituents is 1. The topological polar surface area (TPSA) is 78.9 Å². The number of urea groups is 1. The Labute approximate surface area is 136 Å². The number of hydrogen-bond acceptors (Lipinski definition) is 4. The number of benzene rings is 1. The number of amides is 2. The molecule has 2 rings (SSSR count). The van der Waals surface area contributed by atoms with Crippen LogP contribution in [0.4, 0.5) is 4.79 Å². The number of aromatic hydroxyl groups is 1. The van der Waals surface area contributed by atoms with Gasteiger partial charge in [-0.05, 0) is 49.8 Å². The predicted molar refractivity (Wildman–Crippen MR) is 86.2 cm³/mol. The fourth-order valence-corrected chi connectivity index (χ4v) is 2.89. The summed E-state index contributed by atoms with van der Waals surface area (Å²) in [5, 5.41) is 11.9. The molecule has 1 saturated heterocycles. The Balaban J connectivity index is 1.88. The number of methoxy groups -OCH3 is 1. The third-order valence-corrected chi connectivity index (χ3v) is 4.20. The van der Waals surface area contributed by atoms with Crippen molar-refractivity contribution in [2.45, 2.75) is 38.1 Å². The van der Waals surface area contributed by atoms with Gasteiger partial charge in [0.15, 0.2) is 0 Å². The van der Waals surface area contributed by atoms with Crippen molar-refractivity contribution < 1.29 is 19.4 Å². The first kappa shape index (κ1) is 17.1. The van der Waals surface area contributed by atoms with Crippen molar-refractivity contribution >= 4 is 12.0 Å². The van der Waals surface area contributed by atoms with Crippen LogP contribution in [0.15, 0.2) is 24.3 Å². The highest BCUT2D eigenvalue weighted by atomic mass is 16.5. The van der Waals surface area contributed by atoms with Crippen molar-refractivity contribution in [3.8, 4) is 5.75 Å². The Morgan fingerprint density at radius 3 is 2.74 bits per heavy atom. The standard InChI is InChI=1S/C17H24N2O4/c1-23-16(21)12-18-17(22)19-11-3-2-4-14(19)8-5-13-6-9-15(20)10-7-13/h6-7,9-10,14,20H,2-5,8,11-12H2,1H3,(H,18,22)/t14-/m0/s1. The fourth-order valence-electron chi connectivity index (χ4n) is 2.89. The first-order chi connectivity index (χ1) is 11.1. The predicted octanol–water partition coefficient (Wildman–Crippen LogP) is 2.06. The number of hydrogen-bond donors (Lipinski definition) is 2.